The lowest BCUT2D eigenvalue weighted by molar-refractivity contribution is -0.134. The molecular weight excluding hydrogens is 624 g/mol. The van der Waals surface area contributed by atoms with Crippen molar-refractivity contribution in [1.82, 2.24) is 42.5 Å². The zero-order valence-electron chi connectivity index (χ0n) is 25.5. The number of carbonyl (C=O) groups excluding carboxylic acids is 7. The van der Waals surface area contributed by atoms with Crippen molar-refractivity contribution >= 4 is 47.4 Å². The van der Waals surface area contributed by atoms with Crippen LogP contribution in [0.1, 0.15) is 25.7 Å². The van der Waals surface area contributed by atoms with Crippen LogP contribution in [0.3, 0.4) is 0 Å². The molecule has 22 heteroatoms. The highest BCUT2D eigenvalue weighted by Crippen LogP contribution is 2.09. The molecule has 1 fully saturated rings. The number of urea groups is 1. The van der Waals surface area contributed by atoms with Crippen molar-refractivity contribution in [1.29, 1.82) is 0 Å². The standard InChI is InChI=1S/C25H44N14O8/c26-4-1-2-11(27)6-17(41)32-8-14-20(43)35-15(9-34-25(30)47)21(44)39-18(13-3-5-31-24(29)38-13)23(46)33-7-12(28)19(42)37-16(10-40)22(45)36-14/h9,11-14,16,18,40H,1-8,10,26-28H2,(H,32,41)(H,33,46)(H,35,43)(H,36,45)(H,37,42)(H,39,44)(H3,29,31,38)(H3,30,34,47)/b15-9-/t11?,12-,13-,14-,16-,18-/m0/s1. The van der Waals surface area contributed by atoms with Gasteiger partial charge in [0.05, 0.1) is 12.6 Å². The van der Waals surface area contributed by atoms with Crippen molar-refractivity contribution in [3.63, 3.8) is 0 Å². The number of primary amides is 1. The lowest BCUT2D eigenvalue weighted by Gasteiger charge is -2.29. The van der Waals surface area contributed by atoms with Crippen LogP contribution in [0.5, 0.6) is 0 Å². The first-order chi connectivity index (χ1) is 22.2. The van der Waals surface area contributed by atoms with Gasteiger partial charge in [-0.05, 0) is 25.8 Å². The Hall–Kier alpha value is -5.06. The molecule has 1 unspecified atom stereocenters. The predicted octanol–water partition coefficient (Wildman–Crippen LogP) is -8.23. The van der Waals surface area contributed by atoms with E-state index in [-0.39, 0.29) is 25.3 Å². The third kappa shape index (κ3) is 12.7. The Labute approximate surface area is 269 Å². The minimum Gasteiger partial charge on any atom is -0.394 e. The second-order valence-electron chi connectivity index (χ2n) is 10.7. The van der Waals surface area contributed by atoms with Crippen LogP contribution >= 0.6 is 0 Å². The number of nitrogens with zero attached hydrogens (tertiary/aromatic N) is 1. The first-order valence-corrected chi connectivity index (χ1v) is 14.7. The normalized spacial score (nSPS) is 26.3. The van der Waals surface area contributed by atoms with E-state index in [1.807, 2.05) is 5.32 Å². The summed E-state index contributed by atoms with van der Waals surface area (Å²) in [4.78, 5) is 94.0. The number of amides is 8. The molecular formula is C25H44N14O8. The summed E-state index contributed by atoms with van der Waals surface area (Å²) in [5, 5.41) is 28.7. The molecule has 2 aliphatic rings. The molecule has 0 spiro atoms. The van der Waals surface area contributed by atoms with Crippen LogP contribution in [0.2, 0.25) is 0 Å². The van der Waals surface area contributed by atoms with E-state index < -0.39 is 103 Å². The summed E-state index contributed by atoms with van der Waals surface area (Å²) < 4.78 is 0. The summed E-state index contributed by atoms with van der Waals surface area (Å²) in [5.74, 6) is -5.65. The van der Waals surface area contributed by atoms with E-state index in [0.29, 0.717) is 19.4 Å². The zero-order valence-corrected chi connectivity index (χ0v) is 25.5. The van der Waals surface area contributed by atoms with Crippen molar-refractivity contribution in [3.8, 4) is 0 Å². The molecule has 0 bridgehead atoms. The van der Waals surface area contributed by atoms with Crippen LogP contribution < -0.4 is 71.2 Å². The van der Waals surface area contributed by atoms with E-state index >= 15 is 0 Å². The van der Waals surface area contributed by atoms with Gasteiger partial charge in [-0.15, -0.1) is 0 Å². The highest BCUT2D eigenvalue weighted by atomic mass is 16.3. The number of hydrogen-bond acceptors (Lipinski definition) is 14. The Kier molecular flexibility index (Phi) is 15.2. The van der Waals surface area contributed by atoms with E-state index in [2.05, 4.69) is 42.2 Å². The number of aliphatic hydroxyl groups is 1. The van der Waals surface area contributed by atoms with Crippen LogP contribution in [-0.4, -0.2) is 122 Å². The molecule has 47 heavy (non-hydrogen) atoms. The molecule has 0 aliphatic carbocycles. The van der Waals surface area contributed by atoms with Crippen molar-refractivity contribution in [2.75, 3.05) is 32.8 Å². The fourth-order valence-electron chi connectivity index (χ4n) is 4.33. The van der Waals surface area contributed by atoms with Gasteiger partial charge in [-0.3, -0.25) is 28.8 Å². The average molecular weight is 669 g/mol. The van der Waals surface area contributed by atoms with Crippen LogP contribution in [0.15, 0.2) is 16.9 Å². The second-order valence-corrected chi connectivity index (χ2v) is 10.7. The van der Waals surface area contributed by atoms with Gasteiger partial charge in [0.15, 0.2) is 5.96 Å². The van der Waals surface area contributed by atoms with E-state index in [1.165, 1.54) is 0 Å². The Morgan fingerprint density at radius 3 is 2.36 bits per heavy atom. The number of nitrogens with one attached hydrogen (secondary N) is 8. The summed E-state index contributed by atoms with van der Waals surface area (Å²) in [7, 11) is 0. The number of carbonyl (C=O) groups is 7. The van der Waals surface area contributed by atoms with Gasteiger partial charge >= 0.3 is 6.03 Å². The lowest BCUT2D eigenvalue weighted by atomic mass is 10.0. The number of aliphatic imine (C=N–C) groups is 1. The van der Waals surface area contributed by atoms with Gasteiger partial charge in [0.25, 0.3) is 5.91 Å². The molecule has 1 saturated heterocycles. The quantitative estimate of drug-likeness (QED) is 0.0963. The largest absolute Gasteiger partial charge is 0.394 e. The highest BCUT2D eigenvalue weighted by Gasteiger charge is 2.35. The first-order valence-electron chi connectivity index (χ1n) is 14.7. The third-order valence-electron chi connectivity index (χ3n) is 6.88. The Balaban J connectivity index is 2.47. The molecule has 0 aromatic heterocycles. The van der Waals surface area contributed by atoms with Gasteiger partial charge < -0.3 is 76.3 Å². The summed E-state index contributed by atoms with van der Waals surface area (Å²) in [6.07, 6.45) is 1.85. The van der Waals surface area contributed by atoms with Crippen LogP contribution in [0, 0.1) is 0 Å². The van der Waals surface area contributed by atoms with Gasteiger partial charge in [0, 0.05) is 38.3 Å². The van der Waals surface area contributed by atoms with E-state index in [1.54, 1.807) is 0 Å². The van der Waals surface area contributed by atoms with Gasteiger partial charge in [-0.25, -0.2) is 9.79 Å². The molecule has 19 N–H and O–H groups in total. The number of rotatable bonds is 10. The maximum absolute atomic E-state index is 13.5. The molecule has 0 aromatic rings. The van der Waals surface area contributed by atoms with Crippen LogP contribution in [0.25, 0.3) is 0 Å². The SMILES string of the molecule is NCCCC(N)CC(=O)NC[C@@H]1NC(=O)[C@H](CO)NC(=O)[C@@H](N)CNC(=O)[C@H]([C@@H]2CCNC(N)=N2)NC(=O)/C(=C/NC(N)=O)NC1=O. The number of hydrogen-bond donors (Lipinski definition) is 14. The third-order valence-corrected chi connectivity index (χ3v) is 6.88. The zero-order chi connectivity index (χ0) is 35.1. The molecule has 262 valence electrons. The van der Waals surface area contributed by atoms with Gasteiger partial charge in [-0.1, -0.05) is 0 Å². The maximum Gasteiger partial charge on any atom is 0.316 e. The van der Waals surface area contributed by atoms with Crippen molar-refractivity contribution in [3.05, 3.63) is 11.9 Å². The molecule has 22 nitrogen and oxygen atoms in total. The highest BCUT2D eigenvalue weighted by molar-refractivity contribution is 6.02. The number of guanidine groups is 1. The Bertz CT molecular complexity index is 1240. The topological polar surface area (TPSA) is 378 Å². The maximum atomic E-state index is 13.5. The van der Waals surface area contributed by atoms with E-state index in [4.69, 9.17) is 28.7 Å². The summed E-state index contributed by atoms with van der Waals surface area (Å²) >= 11 is 0. The Morgan fingerprint density at radius 1 is 1.02 bits per heavy atom. The minimum atomic E-state index is -1.63. The van der Waals surface area contributed by atoms with E-state index in [9.17, 15) is 38.7 Å². The molecule has 0 radical (unpaired) electrons. The summed E-state index contributed by atoms with van der Waals surface area (Å²) in [6, 6.07) is -8.68. The van der Waals surface area contributed by atoms with Gasteiger partial charge in [0.1, 0.15) is 29.9 Å². The Morgan fingerprint density at radius 2 is 1.72 bits per heavy atom. The predicted molar refractivity (Wildman–Crippen MR) is 165 cm³/mol. The molecule has 6 atom stereocenters. The molecule has 8 amide bonds. The van der Waals surface area contributed by atoms with Crippen molar-refractivity contribution in [2.45, 2.75) is 61.9 Å². The number of aliphatic hydroxyl groups excluding tert-OH is 1. The van der Waals surface area contributed by atoms with E-state index in [0.717, 1.165) is 6.20 Å². The molecule has 2 heterocycles. The molecule has 2 rings (SSSR count). The van der Waals surface area contributed by atoms with Crippen molar-refractivity contribution < 1.29 is 38.7 Å². The molecule has 0 saturated carbocycles. The summed E-state index contributed by atoms with van der Waals surface area (Å²) in [6.45, 7) is -1.28. The minimum absolute atomic E-state index is 0.0120. The molecule has 0 aromatic carbocycles. The van der Waals surface area contributed by atoms with Gasteiger partial charge in [0.2, 0.25) is 29.5 Å². The fraction of sp³-hybridized carbons (Fsp3) is 0.600. The average Bonchev–Trinajstić information content (AvgIpc) is 3.02. The smallest absolute Gasteiger partial charge is 0.316 e. The summed E-state index contributed by atoms with van der Waals surface area (Å²) in [5.41, 5.74) is 27.6. The van der Waals surface area contributed by atoms with Crippen molar-refractivity contribution in [2.24, 2.45) is 33.7 Å². The second kappa shape index (κ2) is 18.8. The van der Waals surface area contributed by atoms with Gasteiger partial charge in [-0.2, -0.15) is 0 Å². The van der Waals surface area contributed by atoms with Crippen LogP contribution in [0.4, 0.5) is 4.79 Å². The monoisotopic (exact) mass is 668 g/mol. The molecule has 2 aliphatic heterocycles. The number of nitrogens with two attached hydrogens (primary N) is 5. The first kappa shape index (κ1) is 38.1. The fourth-order valence-corrected chi connectivity index (χ4v) is 4.33. The van der Waals surface area contributed by atoms with Crippen LogP contribution in [-0.2, 0) is 28.8 Å². The lowest BCUT2D eigenvalue weighted by Crippen LogP contribution is -2.62.